The van der Waals surface area contributed by atoms with Crippen molar-refractivity contribution < 1.29 is 14.1 Å². The van der Waals surface area contributed by atoms with E-state index in [-0.39, 0.29) is 6.03 Å². The minimum atomic E-state index is -0.321. The van der Waals surface area contributed by atoms with E-state index in [1.54, 1.807) is 18.3 Å². The normalized spacial score (nSPS) is 12.6. The van der Waals surface area contributed by atoms with Gasteiger partial charge in [-0.15, -0.1) is 0 Å². The Kier molecular flexibility index (Phi) is 4.93. The van der Waals surface area contributed by atoms with Gasteiger partial charge in [-0.1, -0.05) is 11.2 Å². The summed E-state index contributed by atoms with van der Waals surface area (Å²) in [6, 6.07) is 10.6. The van der Waals surface area contributed by atoms with Gasteiger partial charge in [0.1, 0.15) is 12.1 Å². The van der Waals surface area contributed by atoms with Crippen LogP contribution in [-0.4, -0.2) is 39.3 Å². The number of carbonyl (C=O) groups excluding carboxylic acids is 1. The lowest BCUT2D eigenvalue weighted by molar-refractivity contribution is 0.254. The van der Waals surface area contributed by atoms with Gasteiger partial charge >= 0.3 is 6.03 Å². The topological polar surface area (TPSA) is 107 Å². The van der Waals surface area contributed by atoms with Gasteiger partial charge in [-0.3, -0.25) is 9.88 Å². The molecule has 2 N–H and O–H groups in total. The quantitative estimate of drug-likeness (QED) is 0.471. The van der Waals surface area contributed by atoms with Crippen molar-refractivity contribution in [1.29, 1.82) is 0 Å². The van der Waals surface area contributed by atoms with Gasteiger partial charge in [-0.25, -0.2) is 14.8 Å². The number of amides is 1. The molecule has 31 heavy (non-hydrogen) atoms. The average molecular weight is 416 g/mol. The maximum atomic E-state index is 12.7. The van der Waals surface area contributed by atoms with E-state index in [9.17, 15) is 4.79 Å². The Bertz CT molecular complexity index is 1290. The molecule has 156 valence electrons. The Balaban J connectivity index is 1.31. The van der Waals surface area contributed by atoms with E-state index in [4.69, 9.17) is 9.26 Å². The highest BCUT2D eigenvalue weighted by atomic mass is 16.5. The summed E-state index contributed by atoms with van der Waals surface area (Å²) in [6.07, 6.45) is 6.93. The average Bonchev–Trinajstić information content (AvgIpc) is 3.38. The molecule has 9 heteroatoms. The molecule has 4 aromatic rings. The number of aromatic nitrogens is 4. The van der Waals surface area contributed by atoms with E-state index in [1.165, 1.54) is 10.9 Å². The largest absolute Gasteiger partial charge is 0.439 e. The van der Waals surface area contributed by atoms with Crippen LogP contribution >= 0.6 is 0 Å². The third kappa shape index (κ3) is 4.17. The number of hydrogen-bond acceptors (Lipinski definition) is 7. The van der Waals surface area contributed by atoms with Gasteiger partial charge in [0, 0.05) is 42.4 Å². The molecule has 5 rings (SSSR count). The molecule has 1 aliphatic rings. The number of likely N-dealkylation sites (N-methyl/N-ethyl adjacent to an activating group) is 1. The Morgan fingerprint density at radius 2 is 2.13 bits per heavy atom. The Morgan fingerprint density at radius 3 is 2.97 bits per heavy atom. The monoisotopic (exact) mass is 416 g/mol. The summed E-state index contributed by atoms with van der Waals surface area (Å²) < 4.78 is 12.6. The smallest absolute Gasteiger partial charge is 0.331 e. The lowest BCUT2D eigenvalue weighted by Crippen LogP contribution is -2.18. The third-order valence-corrected chi connectivity index (χ3v) is 4.90. The summed E-state index contributed by atoms with van der Waals surface area (Å²) >= 11 is 0. The zero-order valence-corrected chi connectivity index (χ0v) is 16.8. The van der Waals surface area contributed by atoms with Gasteiger partial charge in [-0.2, -0.15) is 0 Å². The van der Waals surface area contributed by atoms with Crippen molar-refractivity contribution in [1.82, 2.24) is 25.0 Å². The summed E-state index contributed by atoms with van der Waals surface area (Å²) in [7, 11) is 1.90. The molecule has 0 radical (unpaired) electrons. The number of anilines is 1. The van der Waals surface area contributed by atoms with Crippen LogP contribution in [0.15, 0.2) is 59.5 Å². The summed E-state index contributed by atoms with van der Waals surface area (Å²) in [5.41, 5.74) is 2.75. The standard InChI is InChI=1S/C22H20N6O3/c1-23-8-6-16-11-21(25-13-24-16)30-17-4-5-18-15(10-17)7-9-28(18)22(29)26-20-12-19(31-27-20)14-2-3-14/h2,4-5,7,9-13,23H,3,6,8H2,1H3,(H,26,27,29). The van der Waals surface area contributed by atoms with Crippen molar-refractivity contribution in [2.75, 3.05) is 18.9 Å². The molecule has 0 saturated carbocycles. The van der Waals surface area contributed by atoms with Crippen molar-refractivity contribution in [2.45, 2.75) is 12.8 Å². The molecule has 0 spiro atoms. The first-order valence-electron chi connectivity index (χ1n) is 9.91. The summed E-state index contributed by atoms with van der Waals surface area (Å²) in [5, 5.41) is 10.6. The number of allylic oxidation sites excluding steroid dienone is 2. The van der Waals surface area contributed by atoms with Crippen LogP contribution in [0.1, 0.15) is 17.9 Å². The highest BCUT2D eigenvalue weighted by Crippen LogP contribution is 2.32. The van der Waals surface area contributed by atoms with E-state index < -0.39 is 0 Å². The fraction of sp³-hybridized carbons (Fsp3) is 0.182. The lowest BCUT2D eigenvalue weighted by Gasteiger charge is -2.07. The maximum absolute atomic E-state index is 12.7. The number of hydrogen-bond donors (Lipinski definition) is 2. The zero-order valence-electron chi connectivity index (χ0n) is 16.8. The Morgan fingerprint density at radius 1 is 1.23 bits per heavy atom. The molecule has 3 heterocycles. The number of nitrogens with one attached hydrogen (secondary N) is 2. The third-order valence-electron chi connectivity index (χ3n) is 4.90. The molecular weight excluding hydrogens is 396 g/mol. The number of rotatable bonds is 7. The highest BCUT2D eigenvalue weighted by Gasteiger charge is 2.18. The van der Waals surface area contributed by atoms with Gasteiger partial charge in [0.05, 0.1) is 5.52 Å². The molecule has 0 saturated heterocycles. The second kappa shape index (κ2) is 8.04. The predicted octanol–water partition coefficient (Wildman–Crippen LogP) is 3.84. The van der Waals surface area contributed by atoms with Gasteiger partial charge in [0.2, 0.25) is 5.88 Å². The van der Waals surface area contributed by atoms with Crippen molar-refractivity contribution in [3.8, 4) is 11.6 Å². The van der Waals surface area contributed by atoms with Crippen LogP contribution in [0, 0.1) is 0 Å². The van der Waals surface area contributed by atoms with Crippen LogP contribution in [0.2, 0.25) is 0 Å². The minimum absolute atomic E-state index is 0.321. The molecule has 9 nitrogen and oxygen atoms in total. The Hall–Kier alpha value is -3.98. The molecule has 1 aromatic carbocycles. The van der Waals surface area contributed by atoms with Crippen LogP contribution in [0.3, 0.4) is 0 Å². The fourth-order valence-corrected chi connectivity index (χ4v) is 3.21. The van der Waals surface area contributed by atoms with Gasteiger partial charge in [0.15, 0.2) is 11.6 Å². The molecule has 0 fully saturated rings. The van der Waals surface area contributed by atoms with Gasteiger partial charge in [0.25, 0.3) is 0 Å². The molecule has 1 aliphatic carbocycles. The van der Waals surface area contributed by atoms with E-state index in [2.05, 4.69) is 25.8 Å². The molecule has 1 amide bonds. The van der Waals surface area contributed by atoms with Crippen LogP contribution < -0.4 is 15.4 Å². The fourth-order valence-electron chi connectivity index (χ4n) is 3.21. The summed E-state index contributed by atoms with van der Waals surface area (Å²) in [4.78, 5) is 21.1. The van der Waals surface area contributed by atoms with Crippen LogP contribution in [0.25, 0.3) is 16.5 Å². The number of benzene rings is 1. The lowest BCUT2D eigenvalue weighted by atomic mass is 10.2. The van der Waals surface area contributed by atoms with E-state index >= 15 is 0 Å². The first-order valence-corrected chi connectivity index (χ1v) is 9.91. The Labute approximate surface area is 177 Å². The van der Waals surface area contributed by atoms with Gasteiger partial charge in [-0.05, 0) is 43.3 Å². The van der Waals surface area contributed by atoms with E-state index in [1.807, 2.05) is 37.4 Å². The van der Waals surface area contributed by atoms with E-state index in [0.717, 1.165) is 41.6 Å². The molecule has 0 atom stereocenters. The van der Waals surface area contributed by atoms with Crippen molar-refractivity contribution in [3.63, 3.8) is 0 Å². The number of fused-ring (bicyclic) bond motifs is 1. The molecule has 3 aromatic heterocycles. The van der Waals surface area contributed by atoms with Crippen molar-refractivity contribution in [2.24, 2.45) is 0 Å². The first-order chi connectivity index (χ1) is 15.2. The first kappa shape index (κ1) is 19.0. The number of carbonyl (C=O) groups is 1. The van der Waals surface area contributed by atoms with Crippen LogP contribution in [0.5, 0.6) is 11.6 Å². The molecule has 0 bridgehead atoms. The SMILES string of the molecule is CNCCc1cc(Oc2ccc3c(ccn3C(=O)Nc3cc(C4=CC4)on3)c2)ncn1. The van der Waals surface area contributed by atoms with Crippen molar-refractivity contribution >= 4 is 28.3 Å². The van der Waals surface area contributed by atoms with Crippen LogP contribution in [-0.2, 0) is 6.42 Å². The second-order valence-electron chi connectivity index (χ2n) is 7.15. The number of ether oxygens (including phenoxy) is 1. The molecule has 0 aliphatic heterocycles. The summed E-state index contributed by atoms with van der Waals surface area (Å²) in [6.45, 7) is 0.825. The maximum Gasteiger partial charge on any atom is 0.331 e. The van der Waals surface area contributed by atoms with Crippen molar-refractivity contribution in [3.05, 3.63) is 66.5 Å². The minimum Gasteiger partial charge on any atom is -0.439 e. The van der Waals surface area contributed by atoms with Gasteiger partial charge < -0.3 is 14.6 Å². The predicted molar refractivity (Wildman–Crippen MR) is 115 cm³/mol. The van der Waals surface area contributed by atoms with E-state index in [0.29, 0.717) is 23.2 Å². The van der Waals surface area contributed by atoms with Crippen LogP contribution in [0.4, 0.5) is 10.6 Å². The molecule has 0 unspecified atom stereocenters. The zero-order chi connectivity index (χ0) is 21.2. The molecular formula is C22H20N6O3. The number of nitrogens with zero attached hydrogens (tertiary/aromatic N) is 4. The summed E-state index contributed by atoms with van der Waals surface area (Å²) in [5.74, 6) is 2.17. The highest BCUT2D eigenvalue weighted by molar-refractivity contribution is 5.98. The second-order valence-corrected chi connectivity index (χ2v) is 7.15.